The van der Waals surface area contributed by atoms with Crippen LogP contribution in [0.3, 0.4) is 0 Å². The summed E-state index contributed by atoms with van der Waals surface area (Å²) in [5.74, 6) is 0. The molecule has 3 nitrogen and oxygen atoms in total. The van der Waals surface area contributed by atoms with Crippen LogP contribution in [-0.2, 0) is 0 Å². The Morgan fingerprint density at radius 2 is 1.24 bits per heavy atom. The van der Waals surface area contributed by atoms with Crippen LogP contribution in [0, 0.1) is 0 Å². The molecule has 21 heavy (non-hydrogen) atoms. The standard InChI is InChI=1S/C17H14BNO2/c20-18(21)16-10-8-14(9-11-16)13-4-6-15(7-5-13)17-3-1-2-12-19-17/h1-12,20-21H. The summed E-state index contributed by atoms with van der Waals surface area (Å²) in [7, 11) is -1.43. The van der Waals surface area contributed by atoms with Crippen molar-refractivity contribution in [2.24, 2.45) is 0 Å². The minimum Gasteiger partial charge on any atom is -0.423 e. The van der Waals surface area contributed by atoms with Gasteiger partial charge >= 0.3 is 7.12 Å². The van der Waals surface area contributed by atoms with Gasteiger partial charge in [0.2, 0.25) is 0 Å². The maximum absolute atomic E-state index is 9.10. The summed E-state index contributed by atoms with van der Waals surface area (Å²) in [5.41, 5.74) is 4.62. The predicted molar refractivity (Wildman–Crippen MR) is 84.9 cm³/mol. The second-order valence-electron chi connectivity index (χ2n) is 4.79. The van der Waals surface area contributed by atoms with Gasteiger partial charge in [-0.3, -0.25) is 4.98 Å². The van der Waals surface area contributed by atoms with Gasteiger partial charge in [-0.05, 0) is 28.7 Å². The van der Waals surface area contributed by atoms with Crippen LogP contribution in [0.2, 0.25) is 0 Å². The summed E-state index contributed by atoms with van der Waals surface area (Å²) in [6.45, 7) is 0. The fourth-order valence-corrected chi connectivity index (χ4v) is 2.21. The van der Waals surface area contributed by atoms with Crippen molar-refractivity contribution in [3.8, 4) is 22.4 Å². The van der Waals surface area contributed by atoms with Crippen LogP contribution in [0.25, 0.3) is 22.4 Å². The highest BCUT2D eigenvalue weighted by Crippen LogP contribution is 2.23. The molecular weight excluding hydrogens is 261 g/mol. The van der Waals surface area contributed by atoms with E-state index in [9.17, 15) is 0 Å². The summed E-state index contributed by atoms with van der Waals surface area (Å²) in [6, 6.07) is 21.2. The van der Waals surface area contributed by atoms with Crippen molar-refractivity contribution >= 4 is 12.6 Å². The fourth-order valence-electron chi connectivity index (χ4n) is 2.21. The summed E-state index contributed by atoms with van der Waals surface area (Å²) < 4.78 is 0. The molecule has 0 saturated heterocycles. The van der Waals surface area contributed by atoms with E-state index in [1.54, 1.807) is 18.3 Å². The van der Waals surface area contributed by atoms with Crippen LogP contribution < -0.4 is 5.46 Å². The summed E-state index contributed by atoms with van der Waals surface area (Å²) in [4.78, 5) is 4.33. The highest BCUT2D eigenvalue weighted by atomic mass is 16.4. The van der Waals surface area contributed by atoms with E-state index in [2.05, 4.69) is 4.98 Å². The third-order valence-corrected chi connectivity index (χ3v) is 3.39. The molecule has 0 radical (unpaired) electrons. The van der Waals surface area contributed by atoms with Crippen LogP contribution in [0.15, 0.2) is 72.9 Å². The lowest BCUT2D eigenvalue weighted by atomic mass is 9.80. The molecule has 4 heteroatoms. The lowest BCUT2D eigenvalue weighted by molar-refractivity contribution is 0.426. The van der Waals surface area contributed by atoms with Gasteiger partial charge in [-0.1, -0.05) is 54.6 Å². The van der Waals surface area contributed by atoms with E-state index in [-0.39, 0.29) is 0 Å². The second kappa shape index (κ2) is 5.91. The first-order valence-electron chi connectivity index (χ1n) is 6.72. The minimum absolute atomic E-state index is 0.490. The molecule has 0 amide bonds. The maximum Gasteiger partial charge on any atom is 0.488 e. The molecule has 102 valence electrons. The van der Waals surface area contributed by atoms with Crippen molar-refractivity contribution in [1.82, 2.24) is 4.98 Å². The van der Waals surface area contributed by atoms with Crippen LogP contribution in [-0.4, -0.2) is 22.2 Å². The minimum atomic E-state index is -1.43. The molecule has 0 unspecified atom stereocenters. The first-order valence-corrected chi connectivity index (χ1v) is 6.72. The van der Waals surface area contributed by atoms with Crippen molar-refractivity contribution in [1.29, 1.82) is 0 Å². The lowest BCUT2D eigenvalue weighted by Crippen LogP contribution is -2.29. The van der Waals surface area contributed by atoms with Gasteiger partial charge in [0.1, 0.15) is 0 Å². The average molecular weight is 275 g/mol. The summed E-state index contributed by atoms with van der Waals surface area (Å²) >= 11 is 0. The molecule has 2 N–H and O–H groups in total. The van der Waals surface area contributed by atoms with Crippen LogP contribution in [0.1, 0.15) is 0 Å². The number of rotatable bonds is 3. The van der Waals surface area contributed by atoms with Crippen molar-refractivity contribution in [2.45, 2.75) is 0 Å². The van der Waals surface area contributed by atoms with Crippen molar-refractivity contribution < 1.29 is 10.0 Å². The molecule has 0 fully saturated rings. The third-order valence-electron chi connectivity index (χ3n) is 3.39. The molecule has 0 aliphatic rings. The SMILES string of the molecule is OB(O)c1ccc(-c2ccc(-c3ccccn3)cc2)cc1. The number of nitrogens with zero attached hydrogens (tertiary/aromatic N) is 1. The Bertz CT molecular complexity index is 710. The zero-order chi connectivity index (χ0) is 14.7. The number of hydrogen-bond donors (Lipinski definition) is 2. The largest absolute Gasteiger partial charge is 0.488 e. The number of hydrogen-bond acceptors (Lipinski definition) is 3. The van der Waals surface area contributed by atoms with Crippen LogP contribution in [0.5, 0.6) is 0 Å². The molecular formula is C17H14BNO2. The topological polar surface area (TPSA) is 53.4 Å². The fraction of sp³-hybridized carbons (Fsp3) is 0. The highest BCUT2D eigenvalue weighted by molar-refractivity contribution is 6.58. The van der Waals surface area contributed by atoms with Crippen LogP contribution >= 0.6 is 0 Å². The number of pyridine rings is 1. The predicted octanol–water partition coefficient (Wildman–Crippen LogP) is 2.10. The van der Waals surface area contributed by atoms with E-state index in [1.165, 1.54) is 0 Å². The Morgan fingerprint density at radius 1 is 0.667 bits per heavy atom. The van der Waals surface area contributed by atoms with Gasteiger partial charge in [0, 0.05) is 11.8 Å². The lowest BCUT2D eigenvalue weighted by Gasteiger charge is -2.06. The van der Waals surface area contributed by atoms with E-state index in [0.717, 1.165) is 22.4 Å². The third kappa shape index (κ3) is 3.02. The van der Waals surface area contributed by atoms with Gasteiger partial charge in [0.15, 0.2) is 0 Å². The van der Waals surface area contributed by atoms with E-state index in [1.807, 2.05) is 54.6 Å². The molecule has 1 aromatic heterocycles. The second-order valence-corrected chi connectivity index (χ2v) is 4.79. The highest BCUT2D eigenvalue weighted by Gasteiger charge is 2.10. The molecule has 1 heterocycles. The van der Waals surface area contributed by atoms with Gasteiger partial charge in [0.25, 0.3) is 0 Å². The molecule has 0 aliphatic heterocycles. The molecule has 0 aliphatic carbocycles. The zero-order valence-corrected chi connectivity index (χ0v) is 11.3. The van der Waals surface area contributed by atoms with Crippen molar-refractivity contribution in [3.63, 3.8) is 0 Å². The normalized spacial score (nSPS) is 10.4. The molecule has 0 bridgehead atoms. The smallest absolute Gasteiger partial charge is 0.423 e. The van der Waals surface area contributed by atoms with Gasteiger partial charge in [-0.15, -0.1) is 0 Å². The van der Waals surface area contributed by atoms with Crippen molar-refractivity contribution in [2.75, 3.05) is 0 Å². The summed E-state index contributed by atoms with van der Waals surface area (Å²) in [5, 5.41) is 18.2. The molecule has 3 rings (SSSR count). The zero-order valence-electron chi connectivity index (χ0n) is 11.3. The summed E-state index contributed by atoms with van der Waals surface area (Å²) in [6.07, 6.45) is 1.78. The van der Waals surface area contributed by atoms with E-state index >= 15 is 0 Å². The monoisotopic (exact) mass is 275 g/mol. The Hall–Kier alpha value is -2.43. The van der Waals surface area contributed by atoms with E-state index in [0.29, 0.717) is 5.46 Å². The Labute approximate surface area is 123 Å². The quantitative estimate of drug-likeness (QED) is 0.720. The molecule has 0 saturated carbocycles. The van der Waals surface area contributed by atoms with Crippen molar-refractivity contribution in [3.05, 3.63) is 72.9 Å². The van der Waals surface area contributed by atoms with Gasteiger partial charge < -0.3 is 10.0 Å². The Kier molecular flexibility index (Phi) is 3.82. The molecule has 3 aromatic rings. The van der Waals surface area contributed by atoms with E-state index in [4.69, 9.17) is 10.0 Å². The number of benzene rings is 2. The molecule has 2 aromatic carbocycles. The average Bonchev–Trinajstić information content (AvgIpc) is 2.56. The first kappa shape index (κ1) is 13.6. The Morgan fingerprint density at radius 3 is 1.76 bits per heavy atom. The van der Waals surface area contributed by atoms with Gasteiger partial charge in [0.05, 0.1) is 5.69 Å². The van der Waals surface area contributed by atoms with E-state index < -0.39 is 7.12 Å². The maximum atomic E-state index is 9.10. The van der Waals surface area contributed by atoms with Gasteiger partial charge in [-0.2, -0.15) is 0 Å². The molecule has 0 atom stereocenters. The molecule has 0 spiro atoms. The number of aromatic nitrogens is 1. The van der Waals surface area contributed by atoms with Crippen LogP contribution in [0.4, 0.5) is 0 Å². The van der Waals surface area contributed by atoms with Gasteiger partial charge in [-0.25, -0.2) is 0 Å². The first-order chi connectivity index (χ1) is 10.2. The Balaban J connectivity index is 1.87.